The van der Waals surface area contributed by atoms with E-state index >= 15 is 0 Å². The first-order chi connectivity index (χ1) is 10.2. The average molecular weight is 293 g/mol. The fourth-order valence-corrected chi connectivity index (χ4v) is 2.36. The van der Waals surface area contributed by atoms with Crippen LogP contribution in [0.15, 0.2) is 21.8 Å². The highest BCUT2D eigenvalue weighted by atomic mass is 16.5. The van der Waals surface area contributed by atoms with Crippen LogP contribution in [0.5, 0.6) is 0 Å². The second-order valence-electron chi connectivity index (χ2n) is 5.84. The molecular weight excluding hydrogens is 266 g/mol. The van der Waals surface area contributed by atoms with E-state index in [1.54, 1.807) is 6.26 Å². The Balaban J connectivity index is 1.84. The maximum absolute atomic E-state index is 4.89. The average Bonchev–Trinajstić information content (AvgIpc) is 2.97. The van der Waals surface area contributed by atoms with E-state index < -0.39 is 0 Å². The maximum Gasteiger partial charge on any atom is 0.194 e. The minimum atomic E-state index is 0.590. The summed E-state index contributed by atoms with van der Waals surface area (Å²) in [6, 6.07) is 1.93. The van der Waals surface area contributed by atoms with Crippen molar-refractivity contribution in [3.05, 3.63) is 18.0 Å². The predicted molar refractivity (Wildman–Crippen MR) is 84.2 cm³/mol. The number of guanidine groups is 1. The molecule has 0 unspecified atom stereocenters. The molecule has 1 aliphatic heterocycles. The van der Waals surface area contributed by atoms with Gasteiger partial charge in [-0.15, -0.1) is 0 Å². The van der Waals surface area contributed by atoms with E-state index in [0.29, 0.717) is 5.92 Å². The third-order valence-electron chi connectivity index (χ3n) is 3.49. The molecule has 2 heterocycles. The first-order valence-electron chi connectivity index (χ1n) is 7.84. The van der Waals surface area contributed by atoms with Gasteiger partial charge in [-0.2, -0.15) is 0 Å². The van der Waals surface area contributed by atoms with Crippen LogP contribution in [0.2, 0.25) is 0 Å². The third kappa shape index (κ3) is 5.04. The molecule has 0 bridgehead atoms. The fraction of sp³-hybridized carbons (Fsp3) is 0.733. The Kier molecular flexibility index (Phi) is 6.04. The van der Waals surface area contributed by atoms with Crippen molar-refractivity contribution in [1.29, 1.82) is 0 Å². The molecule has 21 heavy (non-hydrogen) atoms. The van der Waals surface area contributed by atoms with Gasteiger partial charge >= 0.3 is 0 Å². The van der Waals surface area contributed by atoms with E-state index in [-0.39, 0.29) is 0 Å². The van der Waals surface area contributed by atoms with E-state index in [1.165, 1.54) is 0 Å². The SMILES string of the molecule is CCNC(=NCC(C)C)N1CCN(Cc2ccon2)CC1. The number of hydrogen-bond donors (Lipinski definition) is 1. The van der Waals surface area contributed by atoms with Crippen LogP contribution in [0.1, 0.15) is 26.5 Å². The zero-order valence-electron chi connectivity index (χ0n) is 13.4. The van der Waals surface area contributed by atoms with Gasteiger partial charge in [0.05, 0.1) is 5.69 Å². The van der Waals surface area contributed by atoms with Crippen molar-refractivity contribution >= 4 is 5.96 Å². The fourth-order valence-electron chi connectivity index (χ4n) is 2.36. The molecule has 6 heteroatoms. The summed E-state index contributed by atoms with van der Waals surface area (Å²) >= 11 is 0. The van der Waals surface area contributed by atoms with Gasteiger partial charge in [-0.3, -0.25) is 9.89 Å². The molecule has 0 atom stereocenters. The van der Waals surface area contributed by atoms with Crippen LogP contribution in [-0.4, -0.2) is 60.2 Å². The maximum atomic E-state index is 4.89. The largest absolute Gasteiger partial charge is 0.364 e. The van der Waals surface area contributed by atoms with Gasteiger partial charge in [0.15, 0.2) is 5.96 Å². The van der Waals surface area contributed by atoms with Crippen LogP contribution in [-0.2, 0) is 6.54 Å². The summed E-state index contributed by atoms with van der Waals surface area (Å²) in [5.74, 6) is 1.64. The quantitative estimate of drug-likeness (QED) is 0.657. The molecule has 0 spiro atoms. The lowest BCUT2D eigenvalue weighted by Crippen LogP contribution is -2.52. The van der Waals surface area contributed by atoms with Gasteiger partial charge in [0.25, 0.3) is 0 Å². The number of nitrogens with one attached hydrogen (secondary N) is 1. The number of piperazine rings is 1. The minimum Gasteiger partial charge on any atom is -0.364 e. The Morgan fingerprint density at radius 2 is 2.14 bits per heavy atom. The standard InChI is InChI=1S/C15H27N5O/c1-4-16-15(17-11-13(2)3)20-8-6-19(7-9-20)12-14-5-10-21-18-14/h5,10,13H,4,6-9,11-12H2,1-3H3,(H,16,17). The lowest BCUT2D eigenvalue weighted by molar-refractivity contribution is 0.169. The molecule has 0 saturated carbocycles. The lowest BCUT2D eigenvalue weighted by atomic mass is 10.2. The Morgan fingerprint density at radius 3 is 2.71 bits per heavy atom. The van der Waals surface area contributed by atoms with Crippen LogP contribution in [0.4, 0.5) is 0 Å². The van der Waals surface area contributed by atoms with Crippen LogP contribution in [0.25, 0.3) is 0 Å². The summed E-state index contributed by atoms with van der Waals surface area (Å²) in [5.41, 5.74) is 1.00. The number of aliphatic imine (C=N–C) groups is 1. The molecule has 0 amide bonds. The molecule has 1 saturated heterocycles. The van der Waals surface area contributed by atoms with E-state index in [2.05, 4.69) is 41.0 Å². The summed E-state index contributed by atoms with van der Waals surface area (Å²) in [4.78, 5) is 9.48. The van der Waals surface area contributed by atoms with Crippen LogP contribution in [0.3, 0.4) is 0 Å². The smallest absolute Gasteiger partial charge is 0.194 e. The number of aromatic nitrogens is 1. The molecule has 1 fully saturated rings. The highest BCUT2D eigenvalue weighted by Gasteiger charge is 2.20. The normalized spacial score (nSPS) is 17.5. The molecule has 2 rings (SSSR count). The molecule has 118 valence electrons. The molecule has 0 radical (unpaired) electrons. The van der Waals surface area contributed by atoms with Crippen molar-refractivity contribution in [2.45, 2.75) is 27.3 Å². The Labute approximate surface area is 127 Å². The van der Waals surface area contributed by atoms with Crippen molar-refractivity contribution in [3.63, 3.8) is 0 Å². The second kappa shape index (κ2) is 8.02. The van der Waals surface area contributed by atoms with E-state index in [1.807, 2.05) is 6.07 Å². The number of nitrogens with zero attached hydrogens (tertiary/aromatic N) is 4. The number of hydrogen-bond acceptors (Lipinski definition) is 4. The van der Waals surface area contributed by atoms with E-state index in [4.69, 9.17) is 9.52 Å². The molecule has 1 aromatic rings. The van der Waals surface area contributed by atoms with Gasteiger partial charge in [-0.05, 0) is 12.8 Å². The van der Waals surface area contributed by atoms with Gasteiger partial charge in [-0.1, -0.05) is 19.0 Å². The highest BCUT2D eigenvalue weighted by molar-refractivity contribution is 5.80. The summed E-state index contributed by atoms with van der Waals surface area (Å²) < 4.78 is 4.89. The van der Waals surface area contributed by atoms with E-state index in [0.717, 1.165) is 57.5 Å². The topological polar surface area (TPSA) is 56.9 Å². The Hall–Kier alpha value is -1.56. The van der Waals surface area contributed by atoms with Gasteiger partial charge in [0, 0.05) is 51.9 Å². The third-order valence-corrected chi connectivity index (χ3v) is 3.49. The van der Waals surface area contributed by atoms with Crippen molar-refractivity contribution in [1.82, 2.24) is 20.3 Å². The van der Waals surface area contributed by atoms with E-state index in [9.17, 15) is 0 Å². The molecule has 0 aliphatic carbocycles. The first-order valence-corrected chi connectivity index (χ1v) is 7.84. The summed E-state index contributed by atoms with van der Waals surface area (Å²) in [6.45, 7) is 13.2. The van der Waals surface area contributed by atoms with Crippen molar-refractivity contribution in [2.75, 3.05) is 39.3 Å². The molecule has 6 nitrogen and oxygen atoms in total. The molecule has 1 N–H and O–H groups in total. The van der Waals surface area contributed by atoms with Gasteiger partial charge < -0.3 is 14.7 Å². The summed E-state index contributed by atoms with van der Waals surface area (Å²) in [5, 5.41) is 7.37. The molecule has 1 aromatic heterocycles. The lowest BCUT2D eigenvalue weighted by Gasteiger charge is -2.36. The summed E-state index contributed by atoms with van der Waals surface area (Å²) in [7, 11) is 0. The monoisotopic (exact) mass is 293 g/mol. The number of rotatable bonds is 5. The van der Waals surface area contributed by atoms with Crippen molar-refractivity contribution in [2.24, 2.45) is 10.9 Å². The van der Waals surface area contributed by atoms with Crippen molar-refractivity contribution < 1.29 is 4.52 Å². The summed E-state index contributed by atoms with van der Waals surface area (Å²) in [6.07, 6.45) is 1.63. The Morgan fingerprint density at radius 1 is 1.38 bits per heavy atom. The molecule has 0 aromatic carbocycles. The zero-order valence-corrected chi connectivity index (χ0v) is 13.4. The minimum absolute atomic E-state index is 0.590. The van der Waals surface area contributed by atoms with Gasteiger partial charge in [0.1, 0.15) is 6.26 Å². The van der Waals surface area contributed by atoms with Crippen LogP contribution in [0, 0.1) is 5.92 Å². The highest BCUT2D eigenvalue weighted by Crippen LogP contribution is 2.07. The van der Waals surface area contributed by atoms with Crippen LogP contribution < -0.4 is 5.32 Å². The van der Waals surface area contributed by atoms with Crippen LogP contribution >= 0.6 is 0 Å². The predicted octanol–water partition coefficient (Wildman–Crippen LogP) is 1.41. The Bertz CT molecular complexity index is 421. The molecular formula is C15H27N5O. The zero-order chi connectivity index (χ0) is 15.1. The first kappa shape index (κ1) is 15.8. The van der Waals surface area contributed by atoms with Gasteiger partial charge in [-0.25, -0.2) is 0 Å². The molecule has 1 aliphatic rings. The van der Waals surface area contributed by atoms with Crippen molar-refractivity contribution in [3.8, 4) is 0 Å². The van der Waals surface area contributed by atoms with Gasteiger partial charge in [0.2, 0.25) is 0 Å². The second-order valence-corrected chi connectivity index (χ2v) is 5.84.